The summed E-state index contributed by atoms with van der Waals surface area (Å²) in [5.74, 6) is 0.851. The molecule has 0 saturated heterocycles. The number of likely N-dealkylation sites (N-methyl/N-ethyl adjacent to an activating group) is 1. The second-order valence-electron chi connectivity index (χ2n) is 4.72. The van der Waals surface area contributed by atoms with Gasteiger partial charge >= 0.3 is 5.97 Å². The number of aliphatic hydroxyl groups excluding tert-OH is 1. The lowest BCUT2D eigenvalue weighted by Gasteiger charge is -2.38. The molecule has 1 rings (SSSR count). The van der Waals surface area contributed by atoms with Crippen molar-refractivity contribution in [3.63, 3.8) is 0 Å². The van der Waals surface area contributed by atoms with Crippen LogP contribution in [0.3, 0.4) is 0 Å². The average Bonchev–Trinajstić information content (AvgIpc) is 2.39. The van der Waals surface area contributed by atoms with E-state index in [0.29, 0.717) is 11.9 Å². The lowest BCUT2D eigenvalue weighted by molar-refractivity contribution is -0.152. The Kier molecular flexibility index (Phi) is 7.04. The first kappa shape index (κ1) is 15.8. The molecule has 0 aromatic heterocycles. The molecule has 1 aliphatic rings. The fourth-order valence-corrected chi connectivity index (χ4v) is 3.83. The van der Waals surface area contributed by atoms with Crippen LogP contribution in [0.25, 0.3) is 0 Å². The number of ether oxygens (including phenoxy) is 1. The normalized spacial score (nSPS) is 28.1. The zero-order valence-electron chi connectivity index (χ0n) is 11.4. The summed E-state index contributed by atoms with van der Waals surface area (Å²) < 4.78 is 5.20. The smallest absolute Gasteiger partial charge is 0.326 e. The van der Waals surface area contributed by atoms with E-state index in [4.69, 9.17) is 9.84 Å². The zero-order valence-corrected chi connectivity index (χ0v) is 12.2. The van der Waals surface area contributed by atoms with Crippen LogP contribution in [0, 0.1) is 0 Å². The van der Waals surface area contributed by atoms with Crippen LogP contribution in [0.2, 0.25) is 0 Å². The van der Waals surface area contributed by atoms with Crippen LogP contribution in [-0.2, 0) is 9.53 Å². The van der Waals surface area contributed by atoms with Gasteiger partial charge in [0.15, 0.2) is 0 Å². The van der Waals surface area contributed by atoms with E-state index in [1.54, 1.807) is 0 Å². The van der Waals surface area contributed by atoms with Gasteiger partial charge in [0.25, 0.3) is 0 Å². The van der Waals surface area contributed by atoms with Gasteiger partial charge in [-0.2, -0.15) is 11.8 Å². The molecule has 106 valence electrons. The van der Waals surface area contributed by atoms with Gasteiger partial charge in [0.2, 0.25) is 0 Å². The molecule has 0 heterocycles. The van der Waals surface area contributed by atoms with Gasteiger partial charge in [-0.3, -0.25) is 4.79 Å². The second kappa shape index (κ2) is 8.02. The van der Waals surface area contributed by atoms with Gasteiger partial charge in [-0.05, 0) is 51.8 Å². The highest BCUT2D eigenvalue weighted by Gasteiger charge is 2.42. The van der Waals surface area contributed by atoms with Crippen LogP contribution in [0.1, 0.15) is 39.0 Å². The summed E-state index contributed by atoms with van der Waals surface area (Å²) in [6.45, 7) is 2.52. The Balaban J connectivity index is 2.55. The fourth-order valence-electron chi connectivity index (χ4n) is 2.46. The molecule has 0 aromatic rings. The van der Waals surface area contributed by atoms with Crippen LogP contribution in [-0.4, -0.2) is 47.9 Å². The molecule has 2 N–H and O–H groups in total. The number of esters is 1. The third-order valence-corrected chi connectivity index (χ3v) is 4.90. The highest BCUT2D eigenvalue weighted by Crippen LogP contribution is 2.35. The Morgan fingerprint density at radius 3 is 3.00 bits per heavy atom. The molecule has 0 radical (unpaired) electrons. The van der Waals surface area contributed by atoms with Crippen molar-refractivity contribution in [3.05, 3.63) is 0 Å². The van der Waals surface area contributed by atoms with Gasteiger partial charge in [0.1, 0.15) is 5.54 Å². The van der Waals surface area contributed by atoms with Crippen molar-refractivity contribution in [2.75, 3.05) is 26.0 Å². The van der Waals surface area contributed by atoms with E-state index in [2.05, 4.69) is 5.32 Å². The molecular formula is C13H25NO3S. The minimum absolute atomic E-state index is 0.111. The Morgan fingerprint density at radius 1 is 1.61 bits per heavy atom. The minimum atomic E-state index is -0.495. The standard InChI is InChI=1S/C13H25NO3S/c1-3-17-12(16)13(14-2)7-4-6-11(10-13)18-9-5-8-15/h11,14-15H,3-10H2,1-2H3. The number of aliphatic hydroxyl groups is 1. The number of carbonyl (C=O) groups is 1. The first-order chi connectivity index (χ1) is 8.68. The summed E-state index contributed by atoms with van der Waals surface area (Å²) in [6.07, 6.45) is 4.72. The van der Waals surface area contributed by atoms with Gasteiger partial charge in [-0.25, -0.2) is 0 Å². The van der Waals surface area contributed by atoms with E-state index in [1.165, 1.54) is 0 Å². The van der Waals surface area contributed by atoms with Crippen molar-refractivity contribution < 1.29 is 14.6 Å². The van der Waals surface area contributed by atoms with Crippen LogP contribution in [0.4, 0.5) is 0 Å². The van der Waals surface area contributed by atoms with E-state index in [1.807, 2.05) is 25.7 Å². The molecule has 2 atom stereocenters. The molecule has 0 aliphatic heterocycles. The SMILES string of the molecule is CCOC(=O)C1(NC)CCCC(SCCCO)C1. The van der Waals surface area contributed by atoms with Gasteiger partial charge in [0.05, 0.1) is 6.61 Å². The number of hydrogen-bond donors (Lipinski definition) is 2. The number of nitrogens with one attached hydrogen (secondary N) is 1. The van der Waals surface area contributed by atoms with Crippen molar-refractivity contribution in [2.24, 2.45) is 0 Å². The Hall–Kier alpha value is -0.260. The third kappa shape index (κ3) is 4.14. The van der Waals surface area contributed by atoms with Crippen molar-refractivity contribution in [1.82, 2.24) is 5.32 Å². The average molecular weight is 275 g/mol. The predicted octanol–water partition coefficient (Wildman–Crippen LogP) is 1.57. The van der Waals surface area contributed by atoms with Crippen molar-refractivity contribution in [1.29, 1.82) is 0 Å². The summed E-state index contributed by atoms with van der Waals surface area (Å²) in [5, 5.41) is 12.5. The van der Waals surface area contributed by atoms with Gasteiger partial charge in [-0.15, -0.1) is 0 Å². The quantitative estimate of drug-likeness (QED) is 0.545. The van der Waals surface area contributed by atoms with Crippen LogP contribution >= 0.6 is 11.8 Å². The molecule has 0 aromatic carbocycles. The maximum Gasteiger partial charge on any atom is 0.326 e. The third-order valence-electron chi connectivity index (χ3n) is 3.51. The topological polar surface area (TPSA) is 58.6 Å². The molecule has 0 bridgehead atoms. The summed E-state index contributed by atoms with van der Waals surface area (Å²) in [6, 6.07) is 0. The van der Waals surface area contributed by atoms with Crippen molar-refractivity contribution >= 4 is 17.7 Å². The molecule has 0 spiro atoms. The van der Waals surface area contributed by atoms with Crippen LogP contribution in [0.15, 0.2) is 0 Å². The molecule has 2 unspecified atom stereocenters. The number of thioether (sulfide) groups is 1. The highest BCUT2D eigenvalue weighted by atomic mass is 32.2. The predicted molar refractivity (Wildman–Crippen MR) is 74.8 cm³/mol. The lowest BCUT2D eigenvalue weighted by Crippen LogP contribution is -2.54. The maximum absolute atomic E-state index is 12.1. The Labute approximate surface area is 114 Å². The summed E-state index contributed by atoms with van der Waals surface area (Å²) in [7, 11) is 1.84. The van der Waals surface area contributed by atoms with E-state index in [-0.39, 0.29) is 12.6 Å². The monoisotopic (exact) mass is 275 g/mol. The summed E-state index contributed by atoms with van der Waals surface area (Å²) in [4.78, 5) is 12.1. The molecule has 1 aliphatic carbocycles. The van der Waals surface area contributed by atoms with E-state index < -0.39 is 5.54 Å². The number of carbonyl (C=O) groups excluding carboxylic acids is 1. The fraction of sp³-hybridized carbons (Fsp3) is 0.923. The Bertz CT molecular complexity index is 263. The molecule has 0 amide bonds. The second-order valence-corrected chi connectivity index (χ2v) is 6.13. The summed E-state index contributed by atoms with van der Waals surface area (Å²) in [5.41, 5.74) is -0.495. The van der Waals surface area contributed by atoms with Crippen molar-refractivity contribution in [3.8, 4) is 0 Å². The molecule has 5 heteroatoms. The van der Waals surface area contributed by atoms with Crippen LogP contribution < -0.4 is 5.32 Å². The van der Waals surface area contributed by atoms with Gasteiger partial charge in [0, 0.05) is 11.9 Å². The van der Waals surface area contributed by atoms with E-state index >= 15 is 0 Å². The van der Waals surface area contributed by atoms with Gasteiger partial charge in [-0.1, -0.05) is 0 Å². The Morgan fingerprint density at radius 2 is 2.39 bits per heavy atom. The highest BCUT2D eigenvalue weighted by molar-refractivity contribution is 7.99. The van der Waals surface area contributed by atoms with Crippen molar-refractivity contribution in [2.45, 2.75) is 49.8 Å². The summed E-state index contributed by atoms with van der Waals surface area (Å²) >= 11 is 1.87. The minimum Gasteiger partial charge on any atom is -0.465 e. The maximum atomic E-state index is 12.1. The first-order valence-electron chi connectivity index (χ1n) is 6.77. The molecule has 1 fully saturated rings. The molecule has 18 heavy (non-hydrogen) atoms. The largest absolute Gasteiger partial charge is 0.465 e. The zero-order chi connectivity index (χ0) is 13.4. The molecular weight excluding hydrogens is 250 g/mol. The number of hydrogen-bond acceptors (Lipinski definition) is 5. The lowest BCUT2D eigenvalue weighted by atomic mass is 9.81. The molecule has 1 saturated carbocycles. The number of rotatable bonds is 7. The van der Waals surface area contributed by atoms with Crippen LogP contribution in [0.5, 0.6) is 0 Å². The molecule has 4 nitrogen and oxygen atoms in total. The van der Waals surface area contributed by atoms with Gasteiger partial charge < -0.3 is 15.2 Å². The van der Waals surface area contributed by atoms with E-state index in [9.17, 15) is 4.79 Å². The van der Waals surface area contributed by atoms with E-state index in [0.717, 1.165) is 37.9 Å². The first-order valence-corrected chi connectivity index (χ1v) is 7.82.